The zero-order chi connectivity index (χ0) is 11.5. The van der Waals surface area contributed by atoms with Gasteiger partial charge in [-0.2, -0.15) is 0 Å². The van der Waals surface area contributed by atoms with Gasteiger partial charge >= 0.3 is 5.97 Å². The van der Waals surface area contributed by atoms with Gasteiger partial charge in [0.05, 0.1) is 16.9 Å². The topological polar surface area (TPSA) is 76.2 Å². The van der Waals surface area contributed by atoms with Gasteiger partial charge in [0.2, 0.25) is 0 Å². The molecule has 3 N–H and O–H groups in total. The van der Waals surface area contributed by atoms with E-state index in [1.165, 1.54) is 12.3 Å². The van der Waals surface area contributed by atoms with Gasteiger partial charge in [-0.25, -0.2) is 4.79 Å². The lowest BCUT2D eigenvalue weighted by molar-refractivity contribution is 0.0698. The number of anilines is 1. The molecule has 1 heterocycles. The Balaban J connectivity index is 2.59. The maximum Gasteiger partial charge on any atom is 0.337 e. The highest BCUT2D eigenvalue weighted by Crippen LogP contribution is 2.25. The summed E-state index contributed by atoms with van der Waals surface area (Å²) < 4.78 is 0. The molecule has 1 aromatic heterocycles. The zero-order valence-electron chi connectivity index (χ0n) is 8.42. The molecule has 0 amide bonds. The van der Waals surface area contributed by atoms with E-state index in [0.29, 0.717) is 5.69 Å². The number of hydrogen-bond donors (Lipinski definition) is 2. The number of benzene rings is 1. The molecule has 16 heavy (non-hydrogen) atoms. The molecule has 0 fully saturated rings. The molecule has 2 aromatic rings. The quantitative estimate of drug-likeness (QED) is 0.801. The molecule has 0 unspecified atom stereocenters. The number of hydrogen-bond acceptors (Lipinski definition) is 3. The fraction of sp³-hybridized carbons (Fsp3) is 0. The number of aromatic nitrogens is 1. The standard InChI is InChI=1S/C12H10N2O2/c13-10-9(12(15)16)6-7-14-11(10)8-4-2-1-3-5-8/h1-7H,13H2,(H,15,16). The molecule has 0 spiro atoms. The van der Waals surface area contributed by atoms with Crippen LogP contribution >= 0.6 is 0 Å². The van der Waals surface area contributed by atoms with Gasteiger partial charge in [-0.3, -0.25) is 4.98 Å². The van der Waals surface area contributed by atoms with Crippen molar-refractivity contribution in [2.24, 2.45) is 0 Å². The third-order valence-electron chi connectivity index (χ3n) is 2.27. The van der Waals surface area contributed by atoms with E-state index in [4.69, 9.17) is 10.8 Å². The van der Waals surface area contributed by atoms with E-state index in [0.717, 1.165) is 5.56 Å². The highest BCUT2D eigenvalue weighted by molar-refractivity contribution is 5.97. The van der Waals surface area contributed by atoms with Crippen LogP contribution in [-0.4, -0.2) is 16.1 Å². The number of rotatable bonds is 2. The van der Waals surface area contributed by atoms with Crippen LogP contribution in [0.1, 0.15) is 10.4 Å². The molecule has 1 aromatic carbocycles. The predicted molar refractivity (Wildman–Crippen MR) is 61.0 cm³/mol. The average molecular weight is 214 g/mol. The minimum Gasteiger partial charge on any atom is -0.478 e. The van der Waals surface area contributed by atoms with Crippen LogP contribution in [0.3, 0.4) is 0 Å². The summed E-state index contributed by atoms with van der Waals surface area (Å²) in [6.07, 6.45) is 1.45. The van der Waals surface area contributed by atoms with E-state index in [9.17, 15) is 4.79 Å². The monoisotopic (exact) mass is 214 g/mol. The SMILES string of the molecule is Nc1c(C(=O)O)ccnc1-c1ccccc1. The Bertz CT molecular complexity index is 524. The molecule has 0 aliphatic rings. The minimum absolute atomic E-state index is 0.0776. The summed E-state index contributed by atoms with van der Waals surface area (Å²) >= 11 is 0. The van der Waals surface area contributed by atoms with Crippen LogP contribution in [0.25, 0.3) is 11.3 Å². The van der Waals surface area contributed by atoms with E-state index < -0.39 is 5.97 Å². The van der Waals surface area contributed by atoms with Gasteiger partial charge in [-0.15, -0.1) is 0 Å². The first-order chi connectivity index (χ1) is 7.70. The van der Waals surface area contributed by atoms with Crippen molar-refractivity contribution in [2.75, 3.05) is 5.73 Å². The van der Waals surface area contributed by atoms with Crippen LogP contribution < -0.4 is 5.73 Å². The van der Waals surface area contributed by atoms with Crippen molar-refractivity contribution in [2.45, 2.75) is 0 Å². The maximum atomic E-state index is 10.9. The van der Waals surface area contributed by atoms with Gasteiger partial charge in [0.1, 0.15) is 0 Å². The molecule has 0 atom stereocenters. The van der Waals surface area contributed by atoms with Gasteiger partial charge < -0.3 is 10.8 Å². The third-order valence-corrected chi connectivity index (χ3v) is 2.27. The molecule has 0 radical (unpaired) electrons. The molecular weight excluding hydrogens is 204 g/mol. The predicted octanol–water partition coefficient (Wildman–Crippen LogP) is 2.03. The van der Waals surface area contributed by atoms with Crippen molar-refractivity contribution in [1.29, 1.82) is 0 Å². The van der Waals surface area contributed by atoms with Gasteiger partial charge in [0, 0.05) is 11.8 Å². The van der Waals surface area contributed by atoms with Gasteiger partial charge in [0.25, 0.3) is 0 Å². The molecule has 0 saturated heterocycles. The summed E-state index contributed by atoms with van der Waals surface area (Å²) in [7, 11) is 0. The second-order valence-corrected chi connectivity index (χ2v) is 3.29. The van der Waals surface area contributed by atoms with Gasteiger partial charge in [0.15, 0.2) is 0 Å². The third kappa shape index (κ3) is 1.72. The lowest BCUT2D eigenvalue weighted by atomic mass is 10.1. The van der Waals surface area contributed by atoms with Crippen LogP contribution in [0.2, 0.25) is 0 Å². The van der Waals surface area contributed by atoms with Crippen molar-refractivity contribution < 1.29 is 9.90 Å². The van der Waals surface area contributed by atoms with Crippen LogP contribution in [0, 0.1) is 0 Å². The van der Waals surface area contributed by atoms with Crippen molar-refractivity contribution in [3.05, 3.63) is 48.2 Å². The highest BCUT2D eigenvalue weighted by Gasteiger charge is 2.12. The number of carbonyl (C=O) groups is 1. The van der Waals surface area contributed by atoms with Crippen molar-refractivity contribution in [3.63, 3.8) is 0 Å². The Hall–Kier alpha value is -2.36. The molecule has 4 nitrogen and oxygen atoms in total. The number of nitrogens with zero attached hydrogens (tertiary/aromatic N) is 1. The first kappa shape index (κ1) is 10.2. The summed E-state index contributed by atoms with van der Waals surface area (Å²) in [5, 5.41) is 8.93. The van der Waals surface area contributed by atoms with Crippen molar-refractivity contribution in [1.82, 2.24) is 4.98 Å². The Kier molecular flexibility index (Phi) is 2.55. The number of carboxylic acids is 1. The summed E-state index contributed by atoms with van der Waals surface area (Å²) in [5.41, 5.74) is 7.36. The van der Waals surface area contributed by atoms with E-state index in [1.54, 1.807) is 0 Å². The summed E-state index contributed by atoms with van der Waals surface area (Å²) in [5.74, 6) is -1.04. The fourth-order valence-corrected chi connectivity index (χ4v) is 1.49. The first-order valence-corrected chi connectivity index (χ1v) is 4.73. The number of nitrogens with two attached hydrogens (primary N) is 1. The Morgan fingerprint density at radius 2 is 1.88 bits per heavy atom. The van der Waals surface area contributed by atoms with Crippen LogP contribution in [0.5, 0.6) is 0 Å². The number of carboxylic acid groups (broad SMARTS) is 1. The van der Waals surface area contributed by atoms with Crippen LogP contribution in [-0.2, 0) is 0 Å². The lowest BCUT2D eigenvalue weighted by Crippen LogP contribution is -2.04. The van der Waals surface area contributed by atoms with Gasteiger partial charge in [-0.05, 0) is 6.07 Å². The Labute approximate surface area is 92.4 Å². The van der Waals surface area contributed by atoms with Gasteiger partial charge in [-0.1, -0.05) is 30.3 Å². The fourth-order valence-electron chi connectivity index (χ4n) is 1.49. The second kappa shape index (κ2) is 4.02. The normalized spacial score (nSPS) is 10.0. The zero-order valence-corrected chi connectivity index (χ0v) is 8.42. The summed E-state index contributed by atoms with van der Waals surface area (Å²) in [6.45, 7) is 0. The Morgan fingerprint density at radius 1 is 1.19 bits per heavy atom. The number of nitrogen functional groups attached to an aromatic ring is 1. The van der Waals surface area contributed by atoms with Crippen LogP contribution in [0.4, 0.5) is 5.69 Å². The van der Waals surface area contributed by atoms with Crippen molar-refractivity contribution in [3.8, 4) is 11.3 Å². The molecule has 2 rings (SSSR count). The Morgan fingerprint density at radius 3 is 2.50 bits per heavy atom. The largest absolute Gasteiger partial charge is 0.478 e. The first-order valence-electron chi connectivity index (χ1n) is 4.73. The molecule has 0 aliphatic heterocycles. The van der Waals surface area contributed by atoms with Crippen LogP contribution in [0.15, 0.2) is 42.6 Å². The second-order valence-electron chi connectivity index (χ2n) is 3.29. The average Bonchev–Trinajstić information content (AvgIpc) is 2.30. The summed E-state index contributed by atoms with van der Waals surface area (Å²) in [4.78, 5) is 15.0. The number of pyridine rings is 1. The molecular formula is C12H10N2O2. The molecule has 0 saturated carbocycles. The van der Waals surface area contributed by atoms with E-state index in [-0.39, 0.29) is 11.3 Å². The number of aromatic carboxylic acids is 1. The highest BCUT2D eigenvalue weighted by atomic mass is 16.4. The van der Waals surface area contributed by atoms with E-state index >= 15 is 0 Å². The van der Waals surface area contributed by atoms with Crippen molar-refractivity contribution >= 4 is 11.7 Å². The molecule has 0 aliphatic carbocycles. The summed E-state index contributed by atoms with van der Waals surface area (Å²) in [6, 6.07) is 10.6. The van der Waals surface area contributed by atoms with E-state index in [2.05, 4.69) is 4.98 Å². The lowest BCUT2D eigenvalue weighted by Gasteiger charge is -2.06. The maximum absolute atomic E-state index is 10.9. The smallest absolute Gasteiger partial charge is 0.337 e. The molecule has 0 bridgehead atoms. The van der Waals surface area contributed by atoms with E-state index in [1.807, 2.05) is 30.3 Å². The molecule has 80 valence electrons. The molecule has 4 heteroatoms. The minimum atomic E-state index is -1.04.